The minimum Gasteiger partial charge on any atom is -0.478 e. The lowest BCUT2D eigenvalue weighted by Gasteiger charge is -2.18. The van der Waals surface area contributed by atoms with E-state index in [0.29, 0.717) is 16.8 Å². The van der Waals surface area contributed by atoms with Crippen molar-refractivity contribution < 1.29 is 15.0 Å². The summed E-state index contributed by atoms with van der Waals surface area (Å²) in [7, 11) is 1.68. The second-order valence-corrected chi connectivity index (χ2v) is 3.89. The largest absolute Gasteiger partial charge is 0.478 e. The summed E-state index contributed by atoms with van der Waals surface area (Å²) in [6.07, 6.45) is 1.52. The minimum absolute atomic E-state index is 0.0483. The molecule has 0 atom stereocenters. The molecule has 0 saturated heterocycles. The van der Waals surface area contributed by atoms with Gasteiger partial charge in [0, 0.05) is 24.3 Å². The van der Waals surface area contributed by atoms with Crippen molar-refractivity contribution in [3.63, 3.8) is 0 Å². The van der Waals surface area contributed by atoms with Crippen LogP contribution < -0.4 is 4.90 Å². The highest BCUT2D eigenvalue weighted by atomic mass is 79.9. The van der Waals surface area contributed by atoms with Crippen molar-refractivity contribution in [1.29, 1.82) is 0 Å². The Hall–Kier alpha value is -1.14. The Morgan fingerprint density at radius 3 is 2.87 bits per heavy atom. The zero-order valence-corrected chi connectivity index (χ0v) is 9.73. The van der Waals surface area contributed by atoms with Gasteiger partial charge < -0.3 is 15.1 Å². The third-order valence-corrected chi connectivity index (χ3v) is 2.29. The summed E-state index contributed by atoms with van der Waals surface area (Å²) in [6, 6.07) is 1.48. The van der Waals surface area contributed by atoms with Crippen molar-refractivity contribution in [3.8, 4) is 0 Å². The molecule has 1 heterocycles. The van der Waals surface area contributed by atoms with Gasteiger partial charge in [-0.25, -0.2) is 9.78 Å². The molecule has 0 unspecified atom stereocenters. The Labute approximate surface area is 95.5 Å². The minimum atomic E-state index is -1.04. The number of aromatic nitrogens is 1. The Morgan fingerprint density at radius 1 is 1.67 bits per heavy atom. The monoisotopic (exact) mass is 274 g/mol. The van der Waals surface area contributed by atoms with Crippen LogP contribution in [0.25, 0.3) is 0 Å². The number of carboxylic acid groups (broad SMARTS) is 1. The first-order chi connectivity index (χ1) is 7.06. The van der Waals surface area contributed by atoms with Crippen LogP contribution in [0.2, 0.25) is 0 Å². The van der Waals surface area contributed by atoms with E-state index in [4.69, 9.17) is 10.2 Å². The van der Waals surface area contributed by atoms with E-state index >= 15 is 0 Å². The van der Waals surface area contributed by atoms with E-state index in [2.05, 4.69) is 20.9 Å². The molecule has 2 N–H and O–H groups in total. The molecular weight excluding hydrogens is 264 g/mol. The Balaban J connectivity index is 3.10. The summed E-state index contributed by atoms with van der Waals surface area (Å²) < 4.78 is 0.612. The second-order valence-electron chi connectivity index (χ2n) is 2.98. The molecule has 0 aromatic carbocycles. The number of aliphatic hydroxyl groups excluding tert-OH is 1. The van der Waals surface area contributed by atoms with E-state index < -0.39 is 5.97 Å². The number of aliphatic hydroxyl groups is 1. The molecule has 1 aromatic rings. The number of hydrogen-bond donors (Lipinski definition) is 2. The summed E-state index contributed by atoms with van der Waals surface area (Å²) in [6.45, 7) is 0.294. The maximum Gasteiger partial charge on any atom is 0.339 e. The third-order valence-electron chi connectivity index (χ3n) is 1.86. The normalized spacial score (nSPS) is 10.1. The predicted molar refractivity (Wildman–Crippen MR) is 59.3 cm³/mol. The summed E-state index contributed by atoms with van der Waals surface area (Å²) >= 11 is 3.16. The van der Waals surface area contributed by atoms with E-state index in [-0.39, 0.29) is 12.2 Å². The number of nitrogens with zero attached hydrogens (tertiary/aromatic N) is 2. The molecule has 1 rings (SSSR count). The molecular formula is C9H11BrN2O3. The number of carboxylic acids is 1. The molecule has 0 amide bonds. The number of likely N-dealkylation sites (N-methyl/N-ethyl adjacent to an activating group) is 1. The SMILES string of the molecule is CN(CCO)c1ncc(Br)cc1C(=O)O. The Kier molecular flexibility index (Phi) is 4.05. The van der Waals surface area contributed by atoms with Gasteiger partial charge in [-0.15, -0.1) is 0 Å². The van der Waals surface area contributed by atoms with E-state index in [9.17, 15) is 4.79 Å². The van der Waals surface area contributed by atoms with E-state index in [1.165, 1.54) is 12.3 Å². The number of pyridine rings is 1. The Morgan fingerprint density at radius 2 is 2.33 bits per heavy atom. The number of carbonyl (C=O) groups is 1. The number of anilines is 1. The molecule has 15 heavy (non-hydrogen) atoms. The van der Waals surface area contributed by atoms with Gasteiger partial charge in [-0.2, -0.15) is 0 Å². The van der Waals surface area contributed by atoms with Gasteiger partial charge in [-0.05, 0) is 22.0 Å². The standard InChI is InChI=1S/C9H11BrN2O3/c1-12(2-3-13)8-7(9(14)15)4-6(10)5-11-8/h4-5,13H,2-3H2,1H3,(H,14,15). The highest BCUT2D eigenvalue weighted by molar-refractivity contribution is 9.10. The highest BCUT2D eigenvalue weighted by Crippen LogP contribution is 2.20. The number of hydrogen-bond acceptors (Lipinski definition) is 4. The first-order valence-electron chi connectivity index (χ1n) is 4.27. The van der Waals surface area contributed by atoms with Crippen molar-refractivity contribution in [2.24, 2.45) is 0 Å². The van der Waals surface area contributed by atoms with Crippen molar-refractivity contribution in [3.05, 3.63) is 22.3 Å². The van der Waals surface area contributed by atoms with Gasteiger partial charge in [0.05, 0.1) is 6.61 Å². The molecule has 0 spiro atoms. The smallest absolute Gasteiger partial charge is 0.339 e. The zero-order chi connectivity index (χ0) is 11.4. The Bertz CT molecular complexity index is 370. The van der Waals surface area contributed by atoms with Crippen LogP contribution in [0.15, 0.2) is 16.7 Å². The van der Waals surface area contributed by atoms with Crippen LogP contribution >= 0.6 is 15.9 Å². The molecule has 6 heteroatoms. The van der Waals surface area contributed by atoms with E-state index in [1.54, 1.807) is 11.9 Å². The number of rotatable bonds is 4. The molecule has 1 aromatic heterocycles. The van der Waals surface area contributed by atoms with Crippen LogP contribution in [0.1, 0.15) is 10.4 Å². The molecule has 0 bridgehead atoms. The third kappa shape index (κ3) is 2.90. The topological polar surface area (TPSA) is 73.7 Å². The van der Waals surface area contributed by atoms with Crippen molar-refractivity contribution >= 4 is 27.7 Å². The van der Waals surface area contributed by atoms with Gasteiger partial charge >= 0.3 is 5.97 Å². The average molecular weight is 275 g/mol. The molecule has 5 nitrogen and oxygen atoms in total. The summed E-state index contributed by atoms with van der Waals surface area (Å²) in [5, 5.41) is 17.7. The lowest BCUT2D eigenvalue weighted by atomic mass is 10.2. The van der Waals surface area contributed by atoms with Gasteiger partial charge in [0.15, 0.2) is 0 Å². The maximum atomic E-state index is 10.9. The molecule has 0 aliphatic rings. The van der Waals surface area contributed by atoms with Crippen LogP contribution in [0.4, 0.5) is 5.82 Å². The predicted octanol–water partition coefficient (Wildman–Crippen LogP) is 0.971. The van der Waals surface area contributed by atoms with Crippen LogP contribution in [0, 0.1) is 0 Å². The van der Waals surface area contributed by atoms with Crippen molar-refractivity contribution in [2.75, 3.05) is 25.1 Å². The van der Waals surface area contributed by atoms with Gasteiger partial charge in [0.2, 0.25) is 0 Å². The fourth-order valence-electron chi connectivity index (χ4n) is 1.15. The highest BCUT2D eigenvalue weighted by Gasteiger charge is 2.15. The quantitative estimate of drug-likeness (QED) is 0.856. The molecule has 0 aliphatic heterocycles. The molecule has 0 fully saturated rings. The lowest BCUT2D eigenvalue weighted by molar-refractivity contribution is 0.0697. The van der Waals surface area contributed by atoms with E-state index in [1.807, 2.05) is 0 Å². The lowest BCUT2D eigenvalue weighted by Crippen LogP contribution is -2.24. The van der Waals surface area contributed by atoms with Gasteiger partial charge in [0.1, 0.15) is 11.4 Å². The van der Waals surface area contributed by atoms with Crippen LogP contribution in [-0.2, 0) is 0 Å². The summed E-state index contributed by atoms with van der Waals surface area (Å²) in [5.74, 6) is -0.691. The van der Waals surface area contributed by atoms with Gasteiger partial charge in [-0.3, -0.25) is 0 Å². The zero-order valence-electron chi connectivity index (χ0n) is 8.14. The van der Waals surface area contributed by atoms with Crippen molar-refractivity contribution in [1.82, 2.24) is 4.98 Å². The van der Waals surface area contributed by atoms with E-state index in [0.717, 1.165) is 0 Å². The van der Waals surface area contributed by atoms with Gasteiger partial charge in [0.25, 0.3) is 0 Å². The fraction of sp³-hybridized carbons (Fsp3) is 0.333. The fourth-order valence-corrected chi connectivity index (χ4v) is 1.48. The van der Waals surface area contributed by atoms with Crippen LogP contribution in [0.3, 0.4) is 0 Å². The summed E-state index contributed by atoms with van der Waals surface area (Å²) in [4.78, 5) is 16.5. The summed E-state index contributed by atoms with van der Waals surface area (Å²) in [5.41, 5.74) is 0.111. The average Bonchev–Trinajstić information content (AvgIpc) is 2.17. The second kappa shape index (κ2) is 5.09. The van der Waals surface area contributed by atoms with Crippen LogP contribution in [-0.4, -0.2) is 41.4 Å². The van der Waals surface area contributed by atoms with Gasteiger partial charge in [-0.1, -0.05) is 0 Å². The molecule has 82 valence electrons. The molecule has 0 saturated carbocycles. The number of aromatic carboxylic acids is 1. The van der Waals surface area contributed by atoms with Crippen LogP contribution in [0.5, 0.6) is 0 Å². The first kappa shape index (κ1) is 11.9. The number of halogens is 1. The molecule has 0 radical (unpaired) electrons. The maximum absolute atomic E-state index is 10.9. The van der Waals surface area contributed by atoms with Crippen molar-refractivity contribution in [2.45, 2.75) is 0 Å². The molecule has 0 aliphatic carbocycles. The first-order valence-corrected chi connectivity index (χ1v) is 5.06.